The highest BCUT2D eigenvalue weighted by atomic mass is 19.1. The molecular formula is C31H38FN3O5. The minimum absolute atomic E-state index is 0.0974. The lowest BCUT2D eigenvalue weighted by molar-refractivity contribution is -0.133. The van der Waals surface area contributed by atoms with Gasteiger partial charge in [0.2, 0.25) is 5.91 Å². The van der Waals surface area contributed by atoms with E-state index in [4.69, 9.17) is 13.9 Å². The first-order valence-electron chi connectivity index (χ1n) is 13.9. The van der Waals surface area contributed by atoms with Crippen molar-refractivity contribution >= 4 is 11.8 Å². The number of hydrogen-bond acceptors (Lipinski definition) is 6. The molecule has 0 unspecified atom stereocenters. The minimum Gasteiger partial charge on any atom is -0.494 e. The molecule has 0 N–H and O–H groups in total. The molecule has 4 rings (SSSR count). The van der Waals surface area contributed by atoms with Gasteiger partial charge in [0.05, 0.1) is 32.6 Å². The Morgan fingerprint density at radius 3 is 2.40 bits per heavy atom. The summed E-state index contributed by atoms with van der Waals surface area (Å²) in [5.74, 6) is 0.552. The van der Waals surface area contributed by atoms with Crippen LogP contribution in [-0.4, -0.2) is 79.1 Å². The Morgan fingerprint density at radius 2 is 1.73 bits per heavy atom. The van der Waals surface area contributed by atoms with Crippen LogP contribution in [0.1, 0.15) is 41.4 Å². The Bertz CT molecular complexity index is 1180. The van der Waals surface area contributed by atoms with Crippen molar-refractivity contribution in [1.82, 2.24) is 14.7 Å². The minimum atomic E-state index is -0.339. The van der Waals surface area contributed by atoms with Gasteiger partial charge in [-0.2, -0.15) is 0 Å². The molecule has 1 aliphatic heterocycles. The van der Waals surface area contributed by atoms with Crippen molar-refractivity contribution < 1.29 is 27.9 Å². The van der Waals surface area contributed by atoms with E-state index in [0.29, 0.717) is 50.0 Å². The zero-order valence-electron chi connectivity index (χ0n) is 23.1. The van der Waals surface area contributed by atoms with Crippen LogP contribution in [0.5, 0.6) is 5.75 Å². The predicted molar refractivity (Wildman–Crippen MR) is 149 cm³/mol. The zero-order valence-corrected chi connectivity index (χ0v) is 23.1. The van der Waals surface area contributed by atoms with Crippen LogP contribution in [0.15, 0.2) is 71.3 Å². The standard InChI is InChI=1S/C31H38FN3O5/c1-2-3-18-39-28-12-8-26(9-13-28)31(37)34(15-14-33-16-20-38-21-17-33)24-30(36)35(23-29-5-4-19-40-29)22-25-6-10-27(32)11-7-25/h4-13,19H,2-3,14-18,20-24H2,1H3. The van der Waals surface area contributed by atoms with Gasteiger partial charge in [-0.25, -0.2) is 4.39 Å². The fourth-order valence-corrected chi connectivity index (χ4v) is 4.45. The molecule has 9 heteroatoms. The molecule has 0 radical (unpaired) electrons. The quantitative estimate of drug-likeness (QED) is 0.273. The second-order valence-corrected chi connectivity index (χ2v) is 9.86. The van der Waals surface area contributed by atoms with Crippen molar-refractivity contribution in [1.29, 1.82) is 0 Å². The highest BCUT2D eigenvalue weighted by molar-refractivity contribution is 5.96. The fraction of sp³-hybridized carbons (Fsp3) is 0.419. The van der Waals surface area contributed by atoms with Crippen molar-refractivity contribution in [3.8, 4) is 5.75 Å². The van der Waals surface area contributed by atoms with Gasteiger partial charge in [0.25, 0.3) is 5.91 Å². The molecule has 40 heavy (non-hydrogen) atoms. The number of rotatable bonds is 14. The Morgan fingerprint density at radius 1 is 0.975 bits per heavy atom. The van der Waals surface area contributed by atoms with E-state index in [1.165, 1.54) is 12.1 Å². The number of furan rings is 1. The van der Waals surface area contributed by atoms with Crippen LogP contribution in [-0.2, 0) is 22.6 Å². The lowest BCUT2D eigenvalue weighted by Crippen LogP contribution is -2.47. The van der Waals surface area contributed by atoms with E-state index < -0.39 is 0 Å². The molecule has 0 bridgehead atoms. The highest BCUT2D eigenvalue weighted by Gasteiger charge is 2.24. The molecule has 1 aromatic heterocycles. The molecule has 2 aromatic carbocycles. The van der Waals surface area contributed by atoms with Crippen molar-refractivity contribution in [3.63, 3.8) is 0 Å². The number of unbranched alkanes of at least 4 members (excludes halogenated alkanes) is 1. The van der Waals surface area contributed by atoms with Crippen LogP contribution in [0.4, 0.5) is 4.39 Å². The maximum atomic E-state index is 13.7. The number of halogens is 1. The van der Waals surface area contributed by atoms with E-state index in [0.717, 1.165) is 31.5 Å². The van der Waals surface area contributed by atoms with Crippen LogP contribution >= 0.6 is 0 Å². The van der Waals surface area contributed by atoms with Gasteiger partial charge in [-0.05, 0) is 60.5 Å². The number of ether oxygens (including phenoxy) is 2. The van der Waals surface area contributed by atoms with Crippen LogP contribution in [0, 0.1) is 5.82 Å². The third-order valence-corrected chi connectivity index (χ3v) is 6.84. The van der Waals surface area contributed by atoms with Crippen LogP contribution < -0.4 is 4.74 Å². The highest BCUT2D eigenvalue weighted by Crippen LogP contribution is 2.17. The van der Waals surface area contributed by atoms with Gasteiger partial charge in [-0.3, -0.25) is 14.5 Å². The summed E-state index contributed by atoms with van der Waals surface area (Å²) in [7, 11) is 0. The summed E-state index contributed by atoms with van der Waals surface area (Å²) >= 11 is 0. The maximum Gasteiger partial charge on any atom is 0.254 e. The molecule has 0 aliphatic carbocycles. The van der Waals surface area contributed by atoms with Crippen LogP contribution in [0.25, 0.3) is 0 Å². The first kappa shape index (κ1) is 29.3. The largest absolute Gasteiger partial charge is 0.494 e. The van der Waals surface area contributed by atoms with Crippen molar-refractivity contribution in [2.24, 2.45) is 0 Å². The lowest BCUT2D eigenvalue weighted by Gasteiger charge is -2.31. The zero-order chi connectivity index (χ0) is 28.2. The summed E-state index contributed by atoms with van der Waals surface area (Å²) in [4.78, 5) is 32.8. The number of carbonyl (C=O) groups excluding carboxylic acids is 2. The molecule has 0 saturated carbocycles. The lowest BCUT2D eigenvalue weighted by atomic mass is 10.1. The van der Waals surface area contributed by atoms with Gasteiger partial charge in [-0.1, -0.05) is 25.5 Å². The first-order valence-corrected chi connectivity index (χ1v) is 13.9. The second-order valence-electron chi connectivity index (χ2n) is 9.86. The van der Waals surface area contributed by atoms with E-state index in [1.54, 1.807) is 64.6 Å². The summed E-state index contributed by atoms with van der Waals surface area (Å²) in [5.41, 5.74) is 1.28. The smallest absolute Gasteiger partial charge is 0.254 e. The molecule has 2 heterocycles. The number of carbonyl (C=O) groups is 2. The van der Waals surface area contributed by atoms with E-state index in [2.05, 4.69) is 11.8 Å². The monoisotopic (exact) mass is 551 g/mol. The van der Waals surface area contributed by atoms with Gasteiger partial charge in [0.15, 0.2) is 0 Å². The summed E-state index contributed by atoms with van der Waals surface area (Å²) in [6.07, 6.45) is 3.56. The summed E-state index contributed by atoms with van der Waals surface area (Å²) in [5, 5.41) is 0. The predicted octanol–water partition coefficient (Wildman–Crippen LogP) is 4.60. The van der Waals surface area contributed by atoms with Gasteiger partial charge in [-0.15, -0.1) is 0 Å². The van der Waals surface area contributed by atoms with E-state index in [1.807, 2.05) is 0 Å². The van der Waals surface area contributed by atoms with Crippen molar-refractivity contribution in [2.75, 3.05) is 52.5 Å². The SMILES string of the molecule is CCCCOc1ccc(C(=O)N(CCN2CCOCC2)CC(=O)N(Cc2ccc(F)cc2)Cc2ccco2)cc1. The maximum absolute atomic E-state index is 13.7. The average Bonchev–Trinajstić information content (AvgIpc) is 3.50. The van der Waals surface area contributed by atoms with E-state index >= 15 is 0 Å². The topological polar surface area (TPSA) is 75.5 Å². The Balaban J connectivity index is 1.49. The molecule has 2 amide bonds. The second kappa shape index (κ2) is 15.2. The molecule has 1 saturated heterocycles. The molecule has 214 valence electrons. The van der Waals surface area contributed by atoms with E-state index in [-0.39, 0.29) is 37.3 Å². The van der Waals surface area contributed by atoms with E-state index in [9.17, 15) is 14.0 Å². The number of nitrogens with zero attached hydrogens (tertiary/aromatic N) is 3. The fourth-order valence-electron chi connectivity index (χ4n) is 4.45. The summed E-state index contributed by atoms with van der Waals surface area (Å²) < 4.78 is 30.2. The Kier molecular flexibility index (Phi) is 11.1. The van der Waals surface area contributed by atoms with Crippen LogP contribution in [0.3, 0.4) is 0 Å². The number of amides is 2. The number of morpholine rings is 1. The van der Waals surface area contributed by atoms with Gasteiger partial charge < -0.3 is 23.7 Å². The third kappa shape index (κ3) is 8.93. The Labute approximate surface area is 235 Å². The van der Waals surface area contributed by atoms with Gasteiger partial charge >= 0.3 is 0 Å². The molecule has 8 nitrogen and oxygen atoms in total. The molecule has 0 atom stereocenters. The molecule has 0 spiro atoms. The average molecular weight is 552 g/mol. The van der Waals surface area contributed by atoms with Crippen molar-refractivity contribution in [2.45, 2.75) is 32.9 Å². The summed E-state index contributed by atoms with van der Waals surface area (Å²) in [6, 6.07) is 16.7. The Hall–Kier alpha value is -3.69. The molecular weight excluding hydrogens is 513 g/mol. The van der Waals surface area contributed by atoms with Crippen molar-refractivity contribution in [3.05, 3.63) is 89.6 Å². The first-order chi connectivity index (χ1) is 19.5. The third-order valence-electron chi connectivity index (χ3n) is 6.84. The summed E-state index contributed by atoms with van der Waals surface area (Å²) in [6.45, 7) is 7.04. The van der Waals surface area contributed by atoms with Crippen LogP contribution in [0.2, 0.25) is 0 Å². The molecule has 3 aromatic rings. The molecule has 1 fully saturated rings. The normalized spacial score (nSPS) is 13.7. The van der Waals surface area contributed by atoms with Gasteiger partial charge in [0.1, 0.15) is 23.9 Å². The molecule has 1 aliphatic rings. The number of benzene rings is 2. The number of hydrogen-bond donors (Lipinski definition) is 0. The van der Waals surface area contributed by atoms with Gasteiger partial charge in [0, 0.05) is 38.3 Å².